The second-order valence-corrected chi connectivity index (χ2v) is 11.8. The summed E-state index contributed by atoms with van der Waals surface area (Å²) in [7, 11) is 0. The molecule has 31 heavy (non-hydrogen) atoms. The molecule has 6 aliphatic rings. The second-order valence-electron chi connectivity index (χ2n) is 11.8. The largest absolute Gasteiger partial charge is 0.462 e. The number of nitrogens with zero attached hydrogens (tertiary/aromatic N) is 1. The van der Waals surface area contributed by atoms with Gasteiger partial charge in [0.15, 0.2) is 0 Å². The van der Waals surface area contributed by atoms with E-state index in [1.54, 1.807) is 11.1 Å². The van der Waals surface area contributed by atoms with Crippen LogP contribution in [0.15, 0.2) is 12.3 Å². The normalized spacial score (nSPS) is 39.3. The van der Waals surface area contributed by atoms with Gasteiger partial charge < -0.3 is 9.47 Å². The van der Waals surface area contributed by atoms with Crippen LogP contribution in [-0.4, -0.2) is 35.2 Å². The SMILES string of the molecule is CC(C)C[C@]1(C(=O)OC2CCCCC2)C=CN(C(=O)OC23CC4CC(CC(C4)C2)C3)C1. The van der Waals surface area contributed by atoms with E-state index in [0.29, 0.717) is 18.9 Å². The summed E-state index contributed by atoms with van der Waals surface area (Å²) < 4.78 is 12.2. The number of hydrogen-bond acceptors (Lipinski definition) is 4. The minimum Gasteiger partial charge on any atom is -0.462 e. The zero-order valence-electron chi connectivity index (χ0n) is 19.3. The van der Waals surface area contributed by atoms with Crippen molar-refractivity contribution >= 4 is 12.1 Å². The summed E-state index contributed by atoms with van der Waals surface area (Å²) in [5, 5.41) is 0. The minimum absolute atomic E-state index is 0.0340. The highest BCUT2D eigenvalue weighted by atomic mass is 16.6. The fourth-order valence-corrected chi connectivity index (χ4v) is 7.70. The summed E-state index contributed by atoms with van der Waals surface area (Å²) in [6.45, 7) is 4.60. The van der Waals surface area contributed by atoms with Crippen LogP contribution in [0.5, 0.6) is 0 Å². The van der Waals surface area contributed by atoms with Gasteiger partial charge in [-0.15, -0.1) is 0 Å². The standard InChI is InChI=1S/C26H39NO4/c1-18(2)13-25(23(28)30-22-6-4-3-5-7-22)8-9-27(17-25)24(29)31-26-14-19-10-20(15-26)12-21(11-19)16-26/h8-9,18-22H,3-7,10-17H2,1-2H3/t19?,20?,21?,25-,26?/m1/s1. The van der Waals surface area contributed by atoms with Gasteiger partial charge in [0.05, 0.1) is 0 Å². The van der Waals surface area contributed by atoms with E-state index in [-0.39, 0.29) is 23.8 Å². The molecule has 4 bridgehead atoms. The molecule has 1 amide bonds. The summed E-state index contributed by atoms with van der Waals surface area (Å²) >= 11 is 0. The predicted octanol–water partition coefficient (Wildman–Crippen LogP) is 5.83. The summed E-state index contributed by atoms with van der Waals surface area (Å²) in [4.78, 5) is 28.2. The van der Waals surface area contributed by atoms with Crippen molar-refractivity contribution in [1.29, 1.82) is 0 Å². The molecule has 1 heterocycles. The Morgan fingerprint density at radius 1 is 1.00 bits per heavy atom. The lowest BCUT2D eigenvalue weighted by Crippen LogP contribution is -2.54. The Hall–Kier alpha value is -1.52. The zero-order chi connectivity index (χ0) is 21.6. The molecule has 0 saturated heterocycles. The molecule has 0 unspecified atom stereocenters. The molecule has 0 aromatic rings. The fourth-order valence-electron chi connectivity index (χ4n) is 7.70. The van der Waals surface area contributed by atoms with Gasteiger partial charge in [0, 0.05) is 12.7 Å². The van der Waals surface area contributed by atoms with Crippen LogP contribution in [0.3, 0.4) is 0 Å². The number of hydrogen-bond donors (Lipinski definition) is 0. The van der Waals surface area contributed by atoms with Gasteiger partial charge in [0.2, 0.25) is 0 Å². The van der Waals surface area contributed by atoms with Gasteiger partial charge in [0.1, 0.15) is 17.1 Å². The highest BCUT2D eigenvalue weighted by Gasteiger charge is 2.54. The van der Waals surface area contributed by atoms with Crippen molar-refractivity contribution in [3.8, 4) is 0 Å². The van der Waals surface area contributed by atoms with Crippen molar-refractivity contribution in [1.82, 2.24) is 4.90 Å². The predicted molar refractivity (Wildman–Crippen MR) is 118 cm³/mol. The molecule has 5 saturated carbocycles. The maximum Gasteiger partial charge on any atom is 0.414 e. The zero-order valence-corrected chi connectivity index (χ0v) is 19.3. The smallest absolute Gasteiger partial charge is 0.414 e. The molecule has 0 spiro atoms. The van der Waals surface area contributed by atoms with Gasteiger partial charge in [-0.05, 0) is 100 Å². The van der Waals surface area contributed by atoms with Crippen LogP contribution in [0.2, 0.25) is 0 Å². The van der Waals surface area contributed by atoms with Crippen LogP contribution in [0, 0.1) is 29.1 Å². The van der Waals surface area contributed by atoms with Gasteiger partial charge in [-0.3, -0.25) is 9.69 Å². The third-order valence-electron chi connectivity index (χ3n) is 8.55. The number of esters is 1. The first-order chi connectivity index (χ1) is 14.8. The highest BCUT2D eigenvalue weighted by Crippen LogP contribution is 2.57. The fraction of sp³-hybridized carbons (Fsp3) is 0.846. The number of carbonyl (C=O) groups is 2. The molecular formula is C26H39NO4. The lowest BCUT2D eigenvalue weighted by molar-refractivity contribution is -0.161. The third kappa shape index (κ3) is 4.26. The van der Waals surface area contributed by atoms with Crippen molar-refractivity contribution in [2.24, 2.45) is 29.1 Å². The minimum atomic E-state index is -0.744. The number of rotatable bonds is 5. The Kier molecular flexibility index (Phi) is 5.58. The van der Waals surface area contributed by atoms with Crippen LogP contribution >= 0.6 is 0 Å². The van der Waals surface area contributed by atoms with Crippen LogP contribution in [0.1, 0.15) is 90.9 Å². The lowest BCUT2D eigenvalue weighted by atomic mass is 9.54. The average molecular weight is 430 g/mol. The van der Waals surface area contributed by atoms with E-state index in [9.17, 15) is 9.59 Å². The monoisotopic (exact) mass is 429 g/mol. The van der Waals surface area contributed by atoms with E-state index in [4.69, 9.17) is 9.47 Å². The van der Waals surface area contributed by atoms with Crippen LogP contribution in [0.25, 0.3) is 0 Å². The number of carbonyl (C=O) groups excluding carboxylic acids is 2. The van der Waals surface area contributed by atoms with Crippen molar-refractivity contribution in [2.75, 3.05) is 6.54 Å². The topological polar surface area (TPSA) is 55.8 Å². The molecule has 1 atom stereocenters. The van der Waals surface area contributed by atoms with Gasteiger partial charge in [-0.2, -0.15) is 0 Å². The molecule has 5 heteroatoms. The summed E-state index contributed by atoms with van der Waals surface area (Å²) in [6, 6.07) is 0. The van der Waals surface area contributed by atoms with Gasteiger partial charge in [-0.25, -0.2) is 4.79 Å². The Bertz CT molecular complexity index is 702. The first-order valence-corrected chi connectivity index (χ1v) is 12.7. The van der Waals surface area contributed by atoms with E-state index in [0.717, 1.165) is 62.7 Å². The molecule has 5 nitrogen and oxygen atoms in total. The van der Waals surface area contributed by atoms with Crippen molar-refractivity contribution < 1.29 is 19.1 Å². The molecule has 5 fully saturated rings. The van der Waals surface area contributed by atoms with E-state index < -0.39 is 5.41 Å². The first-order valence-electron chi connectivity index (χ1n) is 12.7. The molecule has 0 N–H and O–H groups in total. The second kappa shape index (κ2) is 8.12. The van der Waals surface area contributed by atoms with Gasteiger partial charge in [-0.1, -0.05) is 20.3 Å². The molecule has 172 valence electrons. The van der Waals surface area contributed by atoms with Crippen molar-refractivity contribution in [2.45, 2.75) is 103 Å². The molecule has 1 aliphatic heterocycles. The number of amides is 1. The first kappa shape index (κ1) is 21.3. The lowest BCUT2D eigenvalue weighted by Gasteiger charge is -2.55. The molecule has 5 aliphatic carbocycles. The van der Waals surface area contributed by atoms with Crippen LogP contribution in [-0.2, 0) is 14.3 Å². The Labute approximate surface area is 186 Å². The maximum absolute atomic E-state index is 13.3. The van der Waals surface area contributed by atoms with E-state index >= 15 is 0 Å². The quantitative estimate of drug-likeness (QED) is 0.516. The number of ether oxygens (including phenoxy) is 2. The Morgan fingerprint density at radius 3 is 2.19 bits per heavy atom. The van der Waals surface area contributed by atoms with E-state index in [1.807, 2.05) is 6.08 Å². The molecule has 6 rings (SSSR count). The van der Waals surface area contributed by atoms with Gasteiger partial charge in [0.25, 0.3) is 0 Å². The van der Waals surface area contributed by atoms with Crippen molar-refractivity contribution in [3.63, 3.8) is 0 Å². The summed E-state index contributed by atoms with van der Waals surface area (Å²) in [5.41, 5.74) is -1.00. The Morgan fingerprint density at radius 2 is 1.61 bits per heavy atom. The third-order valence-corrected chi connectivity index (χ3v) is 8.55. The molecule has 0 aromatic carbocycles. The summed E-state index contributed by atoms with van der Waals surface area (Å²) in [6.07, 6.45) is 16.6. The molecular weight excluding hydrogens is 390 g/mol. The highest BCUT2D eigenvalue weighted by molar-refractivity contribution is 5.82. The average Bonchev–Trinajstić information content (AvgIpc) is 3.12. The van der Waals surface area contributed by atoms with Crippen LogP contribution in [0.4, 0.5) is 4.79 Å². The molecule has 0 aromatic heterocycles. The summed E-state index contributed by atoms with van der Waals surface area (Å²) in [5.74, 6) is 2.38. The van der Waals surface area contributed by atoms with Gasteiger partial charge >= 0.3 is 12.1 Å². The van der Waals surface area contributed by atoms with E-state index in [1.165, 1.54) is 25.7 Å². The van der Waals surface area contributed by atoms with Crippen LogP contribution < -0.4 is 0 Å². The van der Waals surface area contributed by atoms with Crippen molar-refractivity contribution in [3.05, 3.63) is 12.3 Å². The Balaban J connectivity index is 1.25. The molecule has 0 radical (unpaired) electrons. The van der Waals surface area contributed by atoms with E-state index in [2.05, 4.69) is 13.8 Å². The maximum atomic E-state index is 13.3.